The van der Waals surface area contributed by atoms with Crippen molar-refractivity contribution in [2.24, 2.45) is 5.92 Å². The second-order valence-electron chi connectivity index (χ2n) is 7.76. The fraction of sp³-hybridized carbons (Fsp3) is 0.375. The minimum atomic E-state index is -0.430. The highest BCUT2D eigenvalue weighted by atomic mass is 16.5. The number of rotatable bonds is 6. The Morgan fingerprint density at radius 3 is 2.50 bits per heavy atom. The van der Waals surface area contributed by atoms with Gasteiger partial charge in [-0.2, -0.15) is 0 Å². The molecule has 158 valence electrons. The van der Waals surface area contributed by atoms with Gasteiger partial charge in [0.25, 0.3) is 5.91 Å². The molecule has 1 N–H and O–H groups in total. The first-order valence-corrected chi connectivity index (χ1v) is 10.3. The molecule has 0 fully saturated rings. The Labute approximate surface area is 177 Å². The third-order valence-corrected chi connectivity index (χ3v) is 5.59. The molecule has 6 nitrogen and oxygen atoms in total. The Morgan fingerprint density at radius 2 is 1.80 bits per heavy atom. The van der Waals surface area contributed by atoms with Crippen LogP contribution >= 0.6 is 0 Å². The van der Waals surface area contributed by atoms with Crippen LogP contribution in [0.5, 0.6) is 0 Å². The van der Waals surface area contributed by atoms with Gasteiger partial charge >= 0.3 is 5.97 Å². The van der Waals surface area contributed by atoms with Crippen LogP contribution in [0.25, 0.3) is 0 Å². The third-order valence-electron chi connectivity index (χ3n) is 5.59. The molecule has 3 atom stereocenters. The zero-order chi connectivity index (χ0) is 21.7. The number of hydrogen-bond acceptors (Lipinski definition) is 4. The van der Waals surface area contributed by atoms with Gasteiger partial charge < -0.3 is 15.0 Å². The van der Waals surface area contributed by atoms with E-state index in [1.807, 2.05) is 57.2 Å². The second kappa shape index (κ2) is 9.57. The van der Waals surface area contributed by atoms with Gasteiger partial charge in [-0.25, -0.2) is 0 Å². The van der Waals surface area contributed by atoms with Gasteiger partial charge in [-0.05, 0) is 30.5 Å². The number of amides is 2. The van der Waals surface area contributed by atoms with Crippen molar-refractivity contribution in [3.05, 3.63) is 60.2 Å². The van der Waals surface area contributed by atoms with E-state index in [9.17, 15) is 14.4 Å². The topological polar surface area (TPSA) is 75.7 Å². The number of fused-ring (bicyclic) bond motifs is 1. The zero-order valence-corrected chi connectivity index (χ0v) is 17.6. The molecular weight excluding hydrogens is 380 g/mol. The summed E-state index contributed by atoms with van der Waals surface area (Å²) in [4.78, 5) is 39.6. The predicted octanol–water partition coefficient (Wildman–Crippen LogP) is 4.12. The van der Waals surface area contributed by atoms with Gasteiger partial charge in [0.15, 0.2) is 6.61 Å². The average Bonchev–Trinajstić information content (AvgIpc) is 2.87. The van der Waals surface area contributed by atoms with E-state index in [1.165, 1.54) is 0 Å². The van der Waals surface area contributed by atoms with Crippen LogP contribution in [-0.2, 0) is 19.1 Å². The first-order chi connectivity index (χ1) is 14.4. The molecule has 2 aromatic rings. The summed E-state index contributed by atoms with van der Waals surface area (Å²) in [7, 11) is 0. The fourth-order valence-electron chi connectivity index (χ4n) is 3.85. The molecule has 0 spiro atoms. The van der Waals surface area contributed by atoms with E-state index < -0.39 is 11.9 Å². The Hall–Kier alpha value is -3.15. The minimum absolute atomic E-state index is 0.0784. The smallest absolute Gasteiger partial charge is 0.314 e. The Kier molecular flexibility index (Phi) is 6.87. The molecule has 0 unspecified atom stereocenters. The zero-order valence-electron chi connectivity index (χ0n) is 17.6. The quantitative estimate of drug-likeness (QED) is 0.730. The number of benzene rings is 2. The summed E-state index contributed by atoms with van der Waals surface area (Å²) in [6, 6.07) is 16.3. The molecule has 1 aliphatic heterocycles. The summed E-state index contributed by atoms with van der Waals surface area (Å²) >= 11 is 0. The maximum absolute atomic E-state index is 13.0. The molecule has 0 saturated heterocycles. The van der Waals surface area contributed by atoms with E-state index >= 15 is 0 Å². The van der Waals surface area contributed by atoms with Crippen molar-refractivity contribution < 1.29 is 19.1 Å². The molecule has 1 aliphatic rings. The monoisotopic (exact) mass is 408 g/mol. The van der Waals surface area contributed by atoms with E-state index in [2.05, 4.69) is 5.32 Å². The maximum atomic E-state index is 13.0. The number of esters is 1. The van der Waals surface area contributed by atoms with Gasteiger partial charge in [-0.1, -0.05) is 62.7 Å². The lowest BCUT2D eigenvalue weighted by molar-refractivity contribution is -0.150. The van der Waals surface area contributed by atoms with Crippen LogP contribution in [0.2, 0.25) is 0 Å². The molecule has 0 saturated carbocycles. The molecule has 30 heavy (non-hydrogen) atoms. The van der Waals surface area contributed by atoms with E-state index in [4.69, 9.17) is 4.74 Å². The standard InChI is InChI=1S/C24H28N2O4/c1-4-16(2)23(18-10-6-5-7-11-18)24(29)30-15-22(28)26-17(3)14-21(27)25-19-12-8-9-13-20(19)26/h5-13,16-17,23H,4,14-15H2,1-3H3,(H,25,27)/t16-,17-,23-/m0/s1. The highest BCUT2D eigenvalue weighted by molar-refractivity contribution is 6.05. The molecule has 0 radical (unpaired) electrons. The van der Waals surface area contributed by atoms with Crippen molar-refractivity contribution in [3.8, 4) is 0 Å². The molecule has 2 amide bonds. The number of ether oxygens (including phenoxy) is 1. The van der Waals surface area contributed by atoms with Gasteiger partial charge in [0.2, 0.25) is 5.91 Å². The van der Waals surface area contributed by atoms with Crippen molar-refractivity contribution in [1.29, 1.82) is 0 Å². The molecule has 1 heterocycles. The molecule has 0 aliphatic carbocycles. The SMILES string of the molecule is CC[C@H](C)[C@H](C(=O)OCC(=O)N1c2ccccc2NC(=O)C[C@@H]1C)c1ccccc1. The van der Waals surface area contributed by atoms with Gasteiger partial charge in [-0.15, -0.1) is 0 Å². The van der Waals surface area contributed by atoms with Gasteiger partial charge in [-0.3, -0.25) is 14.4 Å². The highest BCUT2D eigenvalue weighted by Gasteiger charge is 2.32. The Morgan fingerprint density at radius 1 is 1.13 bits per heavy atom. The van der Waals surface area contributed by atoms with E-state index in [0.717, 1.165) is 12.0 Å². The van der Waals surface area contributed by atoms with Crippen LogP contribution in [0.3, 0.4) is 0 Å². The van der Waals surface area contributed by atoms with Crippen LogP contribution in [0.15, 0.2) is 54.6 Å². The summed E-state index contributed by atoms with van der Waals surface area (Å²) in [5.41, 5.74) is 2.07. The van der Waals surface area contributed by atoms with Crippen molar-refractivity contribution in [1.82, 2.24) is 0 Å². The average molecular weight is 408 g/mol. The largest absolute Gasteiger partial charge is 0.455 e. The molecule has 6 heteroatoms. The summed E-state index contributed by atoms with van der Waals surface area (Å²) in [5, 5.41) is 2.82. The number of carbonyl (C=O) groups excluding carboxylic acids is 3. The minimum Gasteiger partial charge on any atom is -0.455 e. The van der Waals surface area contributed by atoms with Crippen molar-refractivity contribution in [3.63, 3.8) is 0 Å². The van der Waals surface area contributed by atoms with Gasteiger partial charge in [0.05, 0.1) is 17.3 Å². The highest BCUT2D eigenvalue weighted by Crippen LogP contribution is 2.32. The van der Waals surface area contributed by atoms with Crippen LogP contribution < -0.4 is 10.2 Å². The van der Waals surface area contributed by atoms with E-state index in [1.54, 1.807) is 23.1 Å². The van der Waals surface area contributed by atoms with E-state index in [0.29, 0.717) is 11.4 Å². The Bertz CT molecular complexity index is 912. The summed E-state index contributed by atoms with van der Waals surface area (Å²) in [6.45, 7) is 5.48. The lowest BCUT2D eigenvalue weighted by Crippen LogP contribution is -2.42. The lowest BCUT2D eigenvalue weighted by atomic mass is 9.86. The summed E-state index contributed by atoms with van der Waals surface area (Å²) in [5.74, 6) is -1.26. The molecule has 0 bridgehead atoms. The predicted molar refractivity (Wildman–Crippen MR) is 116 cm³/mol. The number of nitrogens with zero attached hydrogens (tertiary/aromatic N) is 1. The molecule has 2 aromatic carbocycles. The van der Waals surface area contributed by atoms with Crippen molar-refractivity contribution in [2.75, 3.05) is 16.8 Å². The first kappa shape index (κ1) is 21.6. The lowest BCUT2D eigenvalue weighted by Gasteiger charge is -2.28. The third kappa shape index (κ3) is 4.70. The normalized spacial score (nSPS) is 17.9. The Balaban J connectivity index is 1.77. The summed E-state index contributed by atoms with van der Waals surface area (Å²) in [6.07, 6.45) is 0.987. The number of nitrogens with one attached hydrogen (secondary N) is 1. The molecule has 0 aromatic heterocycles. The molecule has 3 rings (SSSR count). The van der Waals surface area contributed by atoms with Crippen LogP contribution in [0.1, 0.15) is 45.1 Å². The van der Waals surface area contributed by atoms with Crippen molar-refractivity contribution >= 4 is 29.2 Å². The van der Waals surface area contributed by atoms with Crippen LogP contribution in [0.4, 0.5) is 11.4 Å². The van der Waals surface area contributed by atoms with Crippen LogP contribution in [0, 0.1) is 5.92 Å². The summed E-state index contributed by atoms with van der Waals surface area (Å²) < 4.78 is 5.49. The second-order valence-corrected chi connectivity index (χ2v) is 7.76. The van der Waals surface area contributed by atoms with Gasteiger partial charge in [0, 0.05) is 12.5 Å². The number of hydrogen-bond donors (Lipinski definition) is 1. The maximum Gasteiger partial charge on any atom is 0.314 e. The van der Waals surface area contributed by atoms with Gasteiger partial charge in [0.1, 0.15) is 0 Å². The van der Waals surface area contributed by atoms with E-state index in [-0.39, 0.29) is 36.8 Å². The number of para-hydroxylation sites is 2. The van der Waals surface area contributed by atoms with Crippen molar-refractivity contribution in [2.45, 2.75) is 45.6 Å². The van der Waals surface area contributed by atoms with Crippen LogP contribution in [-0.4, -0.2) is 30.4 Å². The fourth-order valence-corrected chi connectivity index (χ4v) is 3.85. The number of carbonyl (C=O) groups is 3. The first-order valence-electron chi connectivity index (χ1n) is 10.3. The number of anilines is 2. The molecular formula is C24H28N2O4.